The first-order chi connectivity index (χ1) is 13.5. The van der Waals surface area contributed by atoms with Crippen molar-refractivity contribution in [1.82, 2.24) is 15.5 Å². The number of aryl methyl sites for hydroxylation is 2. The summed E-state index contributed by atoms with van der Waals surface area (Å²) >= 11 is 1.29. The molecule has 3 rings (SSSR count). The molecule has 1 aromatic heterocycles. The van der Waals surface area contributed by atoms with Crippen molar-refractivity contribution in [3.05, 3.63) is 65.2 Å². The highest BCUT2D eigenvalue weighted by Gasteiger charge is 2.18. The molecule has 0 unspecified atom stereocenters. The maximum absolute atomic E-state index is 12.4. The number of rotatable bonds is 6. The number of hydrogen-bond acceptors (Lipinski definition) is 5. The molecule has 2 aromatic carbocycles. The van der Waals surface area contributed by atoms with Crippen LogP contribution in [0.3, 0.4) is 0 Å². The second-order valence-corrected chi connectivity index (χ2v) is 7.49. The van der Waals surface area contributed by atoms with E-state index in [-0.39, 0.29) is 11.8 Å². The second-order valence-electron chi connectivity index (χ2n) is 6.51. The summed E-state index contributed by atoms with van der Waals surface area (Å²) in [7, 11) is 0. The van der Waals surface area contributed by atoms with Gasteiger partial charge in [-0.15, -0.1) is 10.2 Å². The summed E-state index contributed by atoms with van der Waals surface area (Å²) in [5, 5.41) is 14.7. The fraction of sp³-hybridized carbons (Fsp3) is 0.238. The number of nitrogens with one attached hydrogen (secondary N) is 2. The van der Waals surface area contributed by atoms with Gasteiger partial charge in [-0.05, 0) is 38.0 Å². The lowest BCUT2D eigenvalue weighted by Crippen LogP contribution is -2.41. The molecule has 2 amide bonds. The lowest BCUT2D eigenvalue weighted by atomic mass is 10.1. The first kappa shape index (κ1) is 19.7. The Morgan fingerprint density at radius 3 is 2.36 bits per heavy atom. The number of nitrogens with zero attached hydrogens (tertiary/aromatic N) is 2. The van der Waals surface area contributed by atoms with Gasteiger partial charge in [0.15, 0.2) is 0 Å². The van der Waals surface area contributed by atoms with Crippen LogP contribution < -0.4 is 10.6 Å². The van der Waals surface area contributed by atoms with Gasteiger partial charge in [-0.2, -0.15) is 0 Å². The van der Waals surface area contributed by atoms with Crippen molar-refractivity contribution in [2.24, 2.45) is 0 Å². The van der Waals surface area contributed by atoms with Crippen molar-refractivity contribution < 1.29 is 9.59 Å². The Kier molecular flexibility index (Phi) is 6.16. The van der Waals surface area contributed by atoms with E-state index in [1.54, 1.807) is 19.1 Å². The molecular weight excluding hydrogens is 372 g/mol. The monoisotopic (exact) mass is 394 g/mol. The van der Waals surface area contributed by atoms with Crippen LogP contribution in [-0.2, 0) is 11.2 Å². The third-order valence-electron chi connectivity index (χ3n) is 4.32. The molecule has 0 fully saturated rings. The Labute approximate surface area is 168 Å². The van der Waals surface area contributed by atoms with Crippen LogP contribution in [0.5, 0.6) is 0 Å². The van der Waals surface area contributed by atoms with Gasteiger partial charge in [-0.3, -0.25) is 14.9 Å². The molecule has 144 valence electrons. The van der Waals surface area contributed by atoms with Crippen LogP contribution in [0.1, 0.15) is 35.3 Å². The fourth-order valence-corrected chi connectivity index (χ4v) is 3.29. The summed E-state index contributed by atoms with van der Waals surface area (Å²) < 4.78 is 0. The maximum Gasteiger partial charge on any atom is 0.251 e. The number of benzene rings is 2. The molecule has 0 aliphatic heterocycles. The highest BCUT2D eigenvalue weighted by atomic mass is 32.1. The van der Waals surface area contributed by atoms with Crippen molar-refractivity contribution in [3.63, 3.8) is 0 Å². The van der Waals surface area contributed by atoms with Gasteiger partial charge in [-0.25, -0.2) is 0 Å². The Morgan fingerprint density at radius 1 is 1.04 bits per heavy atom. The predicted octanol–water partition coefficient (Wildman–Crippen LogP) is 3.83. The van der Waals surface area contributed by atoms with E-state index < -0.39 is 6.04 Å². The predicted molar refractivity (Wildman–Crippen MR) is 111 cm³/mol. The lowest BCUT2D eigenvalue weighted by Gasteiger charge is -2.13. The Bertz CT molecular complexity index is 965. The van der Waals surface area contributed by atoms with Crippen molar-refractivity contribution in [2.45, 2.75) is 33.2 Å². The van der Waals surface area contributed by atoms with Gasteiger partial charge in [-0.1, -0.05) is 60.2 Å². The molecule has 28 heavy (non-hydrogen) atoms. The van der Waals surface area contributed by atoms with Gasteiger partial charge < -0.3 is 5.32 Å². The summed E-state index contributed by atoms with van der Waals surface area (Å²) in [6, 6.07) is 14.6. The van der Waals surface area contributed by atoms with Crippen molar-refractivity contribution in [1.29, 1.82) is 0 Å². The smallest absolute Gasteiger partial charge is 0.251 e. The van der Waals surface area contributed by atoms with Crippen LogP contribution in [0.25, 0.3) is 10.6 Å². The van der Waals surface area contributed by atoms with Crippen molar-refractivity contribution in [2.75, 3.05) is 5.32 Å². The number of carbonyl (C=O) groups excluding carboxylic acids is 2. The van der Waals surface area contributed by atoms with Gasteiger partial charge in [0, 0.05) is 11.1 Å². The van der Waals surface area contributed by atoms with E-state index in [0.717, 1.165) is 28.1 Å². The molecule has 0 saturated heterocycles. The SMILES string of the molecule is CCc1ccc(C(=O)N[C@@H](C)C(=O)Nc2nnc(-c3ccc(C)cc3)s2)cc1. The van der Waals surface area contributed by atoms with E-state index in [1.807, 2.05) is 43.3 Å². The van der Waals surface area contributed by atoms with Gasteiger partial charge >= 0.3 is 0 Å². The molecule has 6 nitrogen and oxygen atoms in total. The van der Waals surface area contributed by atoms with Crippen LogP contribution in [0.15, 0.2) is 48.5 Å². The molecule has 3 aromatic rings. The summed E-state index contributed by atoms with van der Waals surface area (Å²) in [4.78, 5) is 24.7. The van der Waals surface area contributed by atoms with Crippen LogP contribution >= 0.6 is 11.3 Å². The zero-order valence-electron chi connectivity index (χ0n) is 16.0. The molecule has 0 aliphatic rings. The number of aromatic nitrogens is 2. The average molecular weight is 395 g/mol. The molecule has 7 heteroatoms. The highest BCUT2D eigenvalue weighted by Crippen LogP contribution is 2.26. The molecular formula is C21H22N4O2S. The Hall–Kier alpha value is -3.06. The minimum atomic E-state index is -0.704. The zero-order valence-corrected chi connectivity index (χ0v) is 16.8. The van der Waals surface area contributed by atoms with E-state index in [0.29, 0.717) is 10.7 Å². The number of anilines is 1. The van der Waals surface area contributed by atoms with Gasteiger partial charge in [0.1, 0.15) is 11.0 Å². The fourth-order valence-electron chi connectivity index (χ4n) is 2.54. The summed E-state index contributed by atoms with van der Waals surface area (Å²) in [5.41, 5.74) is 3.79. The minimum Gasteiger partial charge on any atom is -0.341 e. The quantitative estimate of drug-likeness (QED) is 0.665. The maximum atomic E-state index is 12.4. The molecule has 0 spiro atoms. The lowest BCUT2D eigenvalue weighted by molar-refractivity contribution is -0.117. The normalized spacial score (nSPS) is 11.7. The Balaban J connectivity index is 1.59. The van der Waals surface area contributed by atoms with E-state index in [4.69, 9.17) is 0 Å². The van der Waals surface area contributed by atoms with E-state index in [9.17, 15) is 9.59 Å². The van der Waals surface area contributed by atoms with Crippen LogP contribution in [0.4, 0.5) is 5.13 Å². The summed E-state index contributed by atoms with van der Waals surface area (Å²) in [5.74, 6) is -0.631. The van der Waals surface area contributed by atoms with E-state index in [1.165, 1.54) is 11.3 Å². The van der Waals surface area contributed by atoms with Crippen LogP contribution in [0, 0.1) is 6.92 Å². The first-order valence-corrected chi connectivity index (χ1v) is 9.89. The molecule has 1 heterocycles. The van der Waals surface area contributed by atoms with Gasteiger partial charge in [0.05, 0.1) is 0 Å². The minimum absolute atomic E-state index is 0.289. The van der Waals surface area contributed by atoms with Gasteiger partial charge in [0.25, 0.3) is 5.91 Å². The number of amides is 2. The van der Waals surface area contributed by atoms with E-state index >= 15 is 0 Å². The number of carbonyl (C=O) groups is 2. The van der Waals surface area contributed by atoms with Crippen LogP contribution in [0.2, 0.25) is 0 Å². The third kappa shape index (κ3) is 4.80. The third-order valence-corrected chi connectivity index (χ3v) is 5.21. The van der Waals surface area contributed by atoms with Crippen LogP contribution in [-0.4, -0.2) is 28.1 Å². The summed E-state index contributed by atoms with van der Waals surface area (Å²) in [6.07, 6.45) is 0.910. The summed E-state index contributed by atoms with van der Waals surface area (Å²) in [6.45, 7) is 5.71. The average Bonchev–Trinajstić information content (AvgIpc) is 3.16. The topological polar surface area (TPSA) is 84.0 Å². The van der Waals surface area contributed by atoms with Gasteiger partial charge in [0.2, 0.25) is 11.0 Å². The molecule has 1 atom stereocenters. The van der Waals surface area contributed by atoms with Crippen molar-refractivity contribution in [3.8, 4) is 10.6 Å². The number of hydrogen-bond donors (Lipinski definition) is 2. The van der Waals surface area contributed by atoms with E-state index in [2.05, 4.69) is 27.8 Å². The molecule has 0 radical (unpaired) electrons. The molecule has 0 bridgehead atoms. The standard InChI is InChI=1S/C21H22N4O2S/c1-4-15-7-11-16(12-8-15)19(27)22-14(3)18(26)23-21-25-24-20(28-21)17-9-5-13(2)6-10-17/h5-12,14H,4H2,1-3H3,(H,22,27)(H,23,25,26)/t14-/m0/s1. The molecule has 0 saturated carbocycles. The zero-order chi connectivity index (χ0) is 20.1. The molecule has 0 aliphatic carbocycles. The molecule has 2 N–H and O–H groups in total. The second kappa shape index (κ2) is 8.75. The largest absolute Gasteiger partial charge is 0.341 e. The van der Waals surface area contributed by atoms with Crippen molar-refractivity contribution >= 4 is 28.3 Å². The Morgan fingerprint density at radius 2 is 1.71 bits per heavy atom. The highest BCUT2D eigenvalue weighted by molar-refractivity contribution is 7.18. The first-order valence-electron chi connectivity index (χ1n) is 9.07.